The van der Waals surface area contributed by atoms with Gasteiger partial charge >= 0.3 is 6.03 Å². The van der Waals surface area contributed by atoms with E-state index in [1.54, 1.807) is 35.7 Å². The third kappa shape index (κ3) is 3.62. The van der Waals surface area contributed by atoms with Gasteiger partial charge in [0.05, 0.1) is 4.88 Å². The van der Waals surface area contributed by atoms with Gasteiger partial charge in [0.15, 0.2) is 0 Å². The molecule has 0 saturated carbocycles. The van der Waals surface area contributed by atoms with Gasteiger partial charge in [-0.15, -0.1) is 11.3 Å². The van der Waals surface area contributed by atoms with Crippen molar-refractivity contribution in [1.82, 2.24) is 10.6 Å². The fourth-order valence-corrected chi connectivity index (χ4v) is 2.05. The van der Waals surface area contributed by atoms with Gasteiger partial charge in [-0.25, -0.2) is 9.18 Å². The number of hydrogen-bond donors (Lipinski definition) is 2. The molecule has 1 aromatic carbocycles. The molecule has 2 N–H and O–H groups in total. The van der Waals surface area contributed by atoms with Crippen LogP contribution >= 0.6 is 11.3 Å². The van der Waals surface area contributed by atoms with Crippen LogP contribution in [0.3, 0.4) is 0 Å². The number of amides is 3. The van der Waals surface area contributed by atoms with Crippen molar-refractivity contribution in [3.05, 3.63) is 58.0 Å². The predicted octanol–water partition coefficient (Wildman–Crippen LogP) is 2.53. The van der Waals surface area contributed by atoms with E-state index in [9.17, 15) is 14.0 Å². The molecule has 0 bridgehead atoms. The van der Waals surface area contributed by atoms with E-state index in [4.69, 9.17) is 0 Å². The van der Waals surface area contributed by atoms with E-state index in [-0.39, 0.29) is 6.54 Å². The first kappa shape index (κ1) is 13.2. The van der Waals surface area contributed by atoms with Gasteiger partial charge in [0.1, 0.15) is 5.82 Å². The van der Waals surface area contributed by atoms with Crippen LogP contribution in [-0.2, 0) is 6.54 Å². The molecule has 0 unspecified atom stereocenters. The SMILES string of the molecule is O=C(NCc1ccccc1F)NC(=O)c1cccs1. The topological polar surface area (TPSA) is 58.2 Å². The minimum absolute atomic E-state index is 0.0240. The van der Waals surface area contributed by atoms with Gasteiger partial charge in [-0.3, -0.25) is 10.1 Å². The van der Waals surface area contributed by atoms with E-state index in [0.29, 0.717) is 10.4 Å². The molecule has 98 valence electrons. The minimum atomic E-state index is -0.651. The molecule has 0 atom stereocenters. The van der Waals surface area contributed by atoms with Crippen LogP contribution in [0.25, 0.3) is 0 Å². The van der Waals surface area contributed by atoms with Crippen LogP contribution < -0.4 is 10.6 Å². The molecule has 0 aliphatic carbocycles. The Labute approximate surface area is 113 Å². The number of rotatable bonds is 3. The monoisotopic (exact) mass is 278 g/mol. The highest BCUT2D eigenvalue weighted by Gasteiger charge is 2.11. The number of hydrogen-bond acceptors (Lipinski definition) is 3. The largest absolute Gasteiger partial charge is 0.334 e. The van der Waals surface area contributed by atoms with E-state index >= 15 is 0 Å². The molecule has 2 rings (SSSR count). The van der Waals surface area contributed by atoms with E-state index < -0.39 is 17.8 Å². The minimum Gasteiger partial charge on any atom is -0.334 e. The normalized spacial score (nSPS) is 9.95. The van der Waals surface area contributed by atoms with Gasteiger partial charge in [0.2, 0.25) is 0 Å². The molecule has 4 nitrogen and oxygen atoms in total. The molecule has 6 heteroatoms. The van der Waals surface area contributed by atoms with Crippen LogP contribution in [0.2, 0.25) is 0 Å². The third-order valence-corrected chi connectivity index (χ3v) is 3.24. The van der Waals surface area contributed by atoms with E-state index in [2.05, 4.69) is 10.6 Å². The Hall–Kier alpha value is -2.21. The number of imide groups is 1. The van der Waals surface area contributed by atoms with E-state index in [1.807, 2.05) is 0 Å². The van der Waals surface area contributed by atoms with Crippen LogP contribution in [0.4, 0.5) is 9.18 Å². The van der Waals surface area contributed by atoms with Crippen LogP contribution in [0.5, 0.6) is 0 Å². The summed E-state index contributed by atoms with van der Waals surface area (Å²) in [6.07, 6.45) is 0. The van der Waals surface area contributed by atoms with Gasteiger partial charge in [-0.05, 0) is 17.5 Å². The van der Waals surface area contributed by atoms with E-state index in [1.165, 1.54) is 17.4 Å². The summed E-state index contributed by atoms with van der Waals surface area (Å²) in [5.41, 5.74) is 0.362. The second-order valence-electron chi connectivity index (χ2n) is 3.71. The Bertz CT molecular complexity index is 584. The maximum atomic E-state index is 13.3. The first-order valence-electron chi connectivity index (χ1n) is 5.53. The van der Waals surface area contributed by atoms with Crippen molar-refractivity contribution in [2.75, 3.05) is 0 Å². The standard InChI is InChI=1S/C13H11FN2O2S/c14-10-5-2-1-4-9(10)8-15-13(18)16-12(17)11-6-3-7-19-11/h1-7H,8H2,(H2,15,16,17,18). The van der Waals surface area contributed by atoms with Crippen molar-refractivity contribution >= 4 is 23.3 Å². The maximum Gasteiger partial charge on any atom is 0.322 e. The van der Waals surface area contributed by atoms with Gasteiger partial charge < -0.3 is 5.32 Å². The van der Waals surface area contributed by atoms with Gasteiger partial charge in [0, 0.05) is 12.1 Å². The van der Waals surface area contributed by atoms with Crippen molar-refractivity contribution in [3.8, 4) is 0 Å². The molecule has 0 aliphatic heterocycles. The molecule has 19 heavy (non-hydrogen) atoms. The second kappa shape index (κ2) is 6.10. The van der Waals surface area contributed by atoms with Crippen LogP contribution in [0, 0.1) is 5.82 Å². The lowest BCUT2D eigenvalue weighted by molar-refractivity contribution is 0.0968. The molecule has 0 radical (unpaired) electrons. The average molecular weight is 278 g/mol. The lowest BCUT2D eigenvalue weighted by atomic mass is 10.2. The zero-order valence-electron chi connectivity index (χ0n) is 9.85. The molecule has 2 aromatic rings. The maximum absolute atomic E-state index is 13.3. The summed E-state index contributed by atoms with van der Waals surface area (Å²) in [6.45, 7) is 0.0240. The Balaban J connectivity index is 1.85. The number of carbonyl (C=O) groups excluding carboxylic acids is 2. The fourth-order valence-electron chi connectivity index (χ4n) is 1.43. The summed E-state index contributed by atoms with van der Waals surface area (Å²) in [7, 11) is 0. The average Bonchev–Trinajstić information content (AvgIpc) is 2.91. The summed E-state index contributed by atoms with van der Waals surface area (Å²) in [4.78, 5) is 23.5. The number of thiophene rings is 1. The zero-order chi connectivity index (χ0) is 13.7. The number of carbonyl (C=O) groups is 2. The fraction of sp³-hybridized carbons (Fsp3) is 0.0769. The number of halogens is 1. The highest BCUT2D eigenvalue weighted by Crippen LogP contribution is 2.08. The molecule has 0 saturated heterocycles. The first-order valence-corrected chi connectivity index (χ1v) is 6.41. The predicted molar refractivity (Wildman–Crippen MR) is 70.4 cm³/mol. The zero-order valence-corrected chi connectivity index (χ0v) is 10.7. The lowest BCUT2D eigenvalue weighted by Crippen LogP contribution is -2.38. The molecule has 0 spiro atoms. The number of urea groups is 1. The molecular formula is C13H11FN2O2S. The molecular weight excluding hydrogens is 267 g/mol. The molecule has 3 amide bonds. The van der Waals surface area contributed by atoms with Crippen LogP contribution in [-0.4, -0.2) is 11.9 Å². The summed E-state index contributed by atoms with van der Waals surface area (Å²) in [6, 6.07) is 8.80. The van der Waals surface area contributed by atoms with Crippen molar-refractivity contribution in [1.29, 1.82) is 0 Å². The van der Waals surface area contributed by atoms with Gasteiger partial charge in [0.25, 0.3) is 5.91 Å². The lowest BCUT2D eigenvalue weighted by Gasteiger charge is -2.06. The van der Waals surface area contributed by atoms with Gasteiger partial charge in [-0.1, -0.05) is 24.3 Å². The Morgan fingerprint density at radius 1 is 1.16 bits per heavy atom. The summed E-state index contributed by atoms with van der Waals surface area (Å²) in [5.74, 6) is -0.867. The van der Waals surface area contributed by atoms with Crippen molar-refractivity contribution in [3.63, 3.8) is 0 Å². The van der Waals surface area contributed by atoms with Crippen LogP contribution in [0.1, 0.15) is 15.2 Å². The van der Waals surface area contributed by atoms with E-state index in [0.717, 1.165) is 0 Å². The van der Waals surface area contributed by atoms with Crippen molar-refractivity contribution in [2.45, 2.75) is 6.54 Å². The van der Waals surface area contributed by atoms with Crippen molar-refractivity contribution < 1.29 is 14.0 Å². The van der Waals surface area contributed by atoms with Crippen molar-refractivity contribution in [2.24, 2.45) is 0 Å². The Morgan fingerprint density at radius 3 is 2.63 bits per heavy atom. The number of nitrogens with one attached hydrogen (secondary N) is 2. The summed E-state index contributed by atoms with van der Waals surface area (Å²) >= 11 is 1.24. The molecule has 0 aliphatic rings. The van der Waals surface area contributed by atoms with Crippen LogP contribution in [0.15, 0.2) is 41.8 Å². The smallest absolute Gasteiger partial charge is 0.322 e. The molecule has 1 aromatic heterocycles. The summed E-state index contributed by atoms with van der Waals surface area (Å²) < 4.78 is 13.3. The Morgan fingerprint density at radius 2 is 1.95 bits per heavy atom. The highest BCUT2D eigenvalue weighted by atomic mass is 32.1. The highest BCUT2D eigenvalue weighted by molar-refractivity contribution is 7.12. The quantitative estimate of drug-likeness (QED) is 0.906. The second-order valence-corrected chi connectivity index (χ2v) is 4.65. The molecule has 1 heterocycles. The third-order valence-electron chi connectivity index (χ3n) is 2.37. The Kier molecular flexibility index (Phi) is 4.25. The number of benzene rings is 1. The first-order chi connectivity index (χ1) is 9.16. The van der Waals surface area contributed by atoms with Gasteiger partial charge in [-0.2, -0.15) is 0 Å². The molecule has 0 fully saturated rings. The summed E-state index contributed by atoms with van der Waals surface area (Å²) in [5, 5.41) is 6.34.